The van der Waals surface area contributed by atoms with Crippen LogP contribution in [0.2, 0.25) is 0 Å². The fourth-order valence-electron chi connectivity index (χ4n) is 14.8. The molecule has 2 spiro atoms. The van der Waals surface area contributed by atoms with Crippen molar-refractivity contribution in [2.75, 3.05) is 4.90 Å². The first-order valence-electron chi connectivity index (χ1n) is 26.6. The Morgan fingerprint density at radius 1 is 0.263 bits per heavy atom. The number of hydrogen-bond donors (Lipinski definition) is 0. The van der Waals surface area contributed by atoms with Crippen LogP contribution in [0.25, 0.3) is 83.1 Å². The first kappa shape index (κ1) is 41.7. The molecule has 1 unspecified atom stereocenters. The topological polar surface area (TPSA) is 8.17 Å². The van der Waals surface area contributed by atoms with Crippen LogP contribution in [0.3, 0.4) is 0 Å². The third kappa shape index (κ3) is 5.20. The van der Waals surface area contributed by atoms with Crippen molar-refractivity contribution in [1.82, 2.24) is 4.57 Å². The van der Waals surface area contributed by atoms with Gasteiger partial charge in [-0.3, -0.25) is 0 Å². The summed E-state index contributed by atoms with van der Waals surface area (Å²) in [5, 5.41) is 2.56. The minimum atomic E-state index is -0.601. The normalized spacial score (nSPS) is 15.3. The summed E-state index contributed by atoms with van der Waals surface area (Å²) in [5.41, 5.74) is 29.0. The first-order chi connectivity index (χ1) is 37.7. The van der Waals surface area contributed by atoms with E-state index in [1.165, 1.54) is 128 Å². The Kier molecular flexibility index (Phi) is 8.44. The van der Waals surface area contributed by atoms with Gasteiger partial charge in [0.15, 0.2) is 0 Å². The maximum atomic E-state index is 2.60. The zero-order chi connectivity index (χ0) is 49.7. The van der Waals surface area contributed by atoms with Gasteiger partial charge in [0, 0.05) is 27.6 Å². The van der Waals surface area contributed by atoms with E-state index in [0.29, 0.717) is 0 Å². The van der Waals surface area contributed by atoms with Crippen LogP contribution in [-0.4, -0.2) is 4.57 Å². The quantitative estimate of drug-likeness (QED) is 0.167. The Balaban J connectivity index is 0.947. The van der Waals surface area contributed by atoms with Crippen LogP contribution in [0.15, 0.2) is 279 Å². The van der Waals surface area contributed by atoms with E-state index in [0.717, 1.165) is 17.1 Å². The van der Waals surface area contributed by atoms with E-state index in [2.05, 4.69) is 289 Å². The molecule has 1 aliphatic heterocycles. The highest BCUT2D eigenvalue weighted by Crippen LogP contribution is 2.67. The molecule has 76 heavy (non-hydrogen) atoms. The average Bonchev–Trinajstić information content (AvgIpc) is 4.29. The molecule has 2 nitrogen and oxygen atoms in total. The molecule has 352 valence electrons. The lowest BCUT2D eigenvalue weighted by Gasteiger charge is -2.39. The molecule has 13 aromatic rings. The zero-order valence-corrected chi connectivity index (χ0v) is 41.5. The molecule has 1 atom stereocenters. The van der Waals surface area contributed by atoms with Gasteiger partial charge in [0.05, 0.1) is 38.9 Å². The summed E-state index contributed by atoms with van der Waals surface area (Å²) in [6.45, 7) is 0. The molecule has 0 bridgehead atoms. The van der Waals surface area contributed by atoms with Crippen molar-refractivity contribution in [3.8, 4) is 61.3 Å². The Hall–Kier alpha value is -9.76. The van der Waals surface area contributed by atoms with Gasteiger partial charge in [-0.2, -0.15) is 0 Å². The Morgan fingerprint density at radius 2 is 0.658 bits per heavy atom. The lowest BCUT2D eigenvalue weighted by Crippen LogP contribution is -2.33. The second kappa shape index (κ2) is 15.4. The van der Waals surface area contributed by atoms with Crippen molar-refractivity contribution >= 4 is 38.9 Å². The van der Waals surface area contributed by atoms with E-state index in [9.17, 15) is 0 Å². The van der Waals surface area contributed by atoms with Crippen LogP contribution in [0.4, 0.5) is 17.1 Å². The van der Waals surface area contributed by atoms with Gasteiger partial charge in [0.25, 0.3) is 0 Å². The number of rotatable bonds is 5. The van der Waals surface area contributed by atoms with Gasteiger partial charge in [-0.15, -0.1) is 0 Å². The minimum absolute atomic E-state index is 0.491. The molecule has 2 heterocycles. The molecule has 0 saturated carbocycles. The van der Waals surface area contributed by atoms with Crippen molar-refractivity contribution in [2.45, 2.75) is 10.8 Å². The third-order valence-corrected chi connectivity index (χ3v) is 17.6. The summed E-state index contributed by atoms with van der Waals surface area (Å²) in [5.74, 6) is 0. The van der Waals surface area contributed by atoms with E-state index in [4.69, 9.17) is 0 Å². The molecular formula is C74H46N2. The molecule has 17 rings (SSSR count). The van der Waals surface area contributed by atoms with Crippen LogP contribution in [0, 0.1) is 0 Å². The van der Waals surface area contributed by atoms with Gasteiger partial charge in [0.1, 0.15) is 0 Å². The second-order valence-corrected chi connectivity index (χ2v) is 21.0. The van der Waals surface area contributed by atoms with Crippen molar-refractivity contribution in [2.24, 2.45) is 0 Å². The molecule has 2 heteroatoms. The highest BCUT2D eigenvalue weighted by Gasteiger charge is 2.54. The number of hydrogen-bond acceptors (Lipinski definition) is 1. The summed E-state index contributed by atoms with van der Waals surface area (Å²) >= 11 is 0. The minimum Gasteiger partial charge on any atom is -0.309 e. The Morgan fingerprint density at radius 3 is 1.25 bits per heavy atom. The summed E-state index contributed by atoms with van der Waals surface area (Å²) in [4.78, 5) is 2.60. The molecule has 4 aliphatic rings. The van der Waals surface area contributed by atoms with Crippen LogP contribution >= 0.6 is 0 Å². The van der Waals surface area contributed by atoms with Gasteiger partial charge in [-0.25, -0.2) is 0 Å². The fraction of sp³-hybridized carbons (Fsp3) is 0.0270. The SMILES string of the molecule is c1ccc(-c2ccc(-c3ccc(N(c4cccc5c4-c4ccccc4C54c5ccccc5-c5ccccc54)c4cccc5c4-c4ccccc4C54c5ccccc5-n5c6ccccc6c6cccc4c65)cc3)cc2)cc1. The molecule has 12 aromatic carbocycles. The molecule has 0 N–H and O–H groups in total. The van der Waals surface area contributed by atoms with Gasteiger partial charge >= 0.3 is 0 Å². The molecule has 0 amide bonds. The van der Waals surface area contributed by atoms with Gasteiger partial charge < -0.3 is 9.47 Å². The molecule has 3 aliphatic carbocycles. The molecular weight excluding hydrogens is 917 g/mol. The van der Waals surface area contributed by atoms with Crippen LogP contribution in [-0.2, 0) is 10.8 Å². The van der Waals surface area contributed by atoms with Crippen molar-refractivity contribution < 1.29 is 0 Å². The monoisotopic (exact) mass is 962 g/mol. The molecule has 0 radical (unpaired) electrons. The first-order valence-corrected chi connectivity index (χ1v) is 26.6. The maximum absolute atomic E-state index is 2.60. The highest BCUT2D eigenvalue weighted by atomic mass is 15.2. The number of fused-ring (bicyclic) bond motifs is 22. The van der Waals surface area contributed by atoms with Gasteiger partial charge in [-0.1, -0.05) is 243 Å². The van der Waals surface area contributed by atoms with Crippen molar-refractivity contribution in [1.29, 1.82) is 0 Å². The Labute approximate surface area is 441 Å². The molecule has 1 aromatic heterocycles. The van der Waals surface area contributed by atoms with Crippen LogP contribution in [0.5, 0.6) is 0 Å². The van der Waals surface area contributed by atoms with Crippen LogP contribution in [0.1, 0.15) is 44.5 Å². The average molecular weight is 963 g/mol. The van der Waals surface area contributed by atoms with Crippen LogP contribution < -0.4 is 4.90 Å². The van der Waals surface area contributed by atoms with E-state index in [-0.39, 0.29) is 0 Å². The Bertz CT molecular complexity index is 4530. The van der Waals surface area contributed by atoms with Crippen molar-refractivity contribution in [3.63, 3.8) is 0 Å². The largest absolute Gasteiger partial charge is 0.309 e. The summed E-state index contributed by atoms with van der Waals surface area (Å²) < 4.78 is 2.54. The number of para-hydroxylation sites is 3. The number of anilines is 3. The van der Waals surface area contributed by atoms with Crippen molar-refractivity contribution in [3.05, 3.63) is 324 Å². The smallest absolute Gasteiger partial charge is 0.0755 e. The predicted octanol–water partition coefficient (Wildman–Crippen LogP) is 18.6. The highest BCUT2D eigenvalue weighted by molar-refractivity contribution is 6.13. The van der Waals surface area contributed by atoms with E-state index in [1.807, 2.05) is 0 Å². The second-order valence-electron chi connectivity index (χ2n) is 21.0. The third-order valence-electron chi connectivity index (χ3n) is 17.6. The summed E-state index contributed by atoms with van der Waals surface area (Å²) in [7, 11) is 0. The lowest BCUT2D eigenvalue weighted by atomic mass is 9.65. The van der Waals surface area contributed by atoms with E-state index >= 15 is 0 Å². The standard InChI is InChI=1S/C74H46N2/c1-2-19-47(20-3-1)48-39-41-49(42-40-48)50-43-45-51(46-44-50)75(68-37-17-32-63-70(68)56-24-6-11-29-60(56)73(63)58-27-9-4-21-52(58)53-22-5-10-28-59(53)73)69-38-18-33-64-71(69)57-25-7-12-30-61(57)74(64)62-31-13-15-36-67(62)76-66-35-14-8-23-54(66)55-26-16-34-65(74)72(55)76/h1-46H. The number of aromatic nitrogens is 1. The number of nitrogens with zero attached hydrogens (tertiary/aromatic N) is 2. The maximum Gasteiger partial charge on any atom is 0.0755 e. The number of benzene rings is 12. The fourth-order valence-corrected chi connectivity index (χ4v) is 14.8. The summed E-state index contributed by atoms with van der Waals surface area (Å²) in [6.07, 6.45) is 0. The van der Waals surface area contributed by atoms with E-state index in [1.54, 1.807) is 0 Å². The predicted molar refractivity (Wildman–Crippen MR) is 313 cm³/mol. The zero-order valence-electron chi connectivity index (χ0n) is 41.5. The van der Waals surface area contributed by atoms with Gasteiger partial charge in [-0.05, 0) is 125 Å². The lowest BCUT2D eigenvalue weighted by molar-refractivity contribution is 0.748. The molecule has 0 fully saturated rings. The van der Waals surface area contributed by atoms with E-state index < -0.39 is 10.8 Å². The summed E-state index contributed by atoms with van der Waals surface area (Å²) in [6, 6.07) is 105. The van der Waals surface area contributed by atoms with Gasteiger partial charge in [0.2, 0.25) is 0 Å². The molecule has 0 saturated heterocycles.